The maximum atomic E-state index is 11.1. The Kier molecular flexibility index (Phi) is 4.15. The smallest absolute Gasteiger partial charge is 0.276 e. The monoisotopic (exact) mass is 304 g/mol. The highest BCUT2D eigenvalue weighted by atomic mass is 32.2. The molecule has 2 rings (SSSR count). The molecule has 0 unspecified atom stereocenters. The Morgan fingerprint density at radius 2 is 1.43 bits per heavy atom. The van der Waals surface area contributed by atoms with Crippen LogP contribution in [0.3, 0.4) is 0 Å². The van der Waals surface area contributed by atoms with Gasteiger partial charge in [-0.05, 0) is 23.8 Å². The van der Waals surface area contributed by atoms with E-state index in [2.05, 4.69) is 0 Å². The van der Waals surface area contributed by atoms with Crippen LogP contribution in [0.4, 0.5) is 5.69 Å². The van der Waals surface area contributed by atoms with E-state index >= 15 is 0 Å². The number of rotatable bonds is 4. The average Bonchev–Trinajstić information content (AvgIpc) is 2.44. The Bertz CT molecular complexity index is 812. The topological polar surface area (TPSA) is 100 Å². The minimum Gasteiger partial charge on any atom is -0.744 e. The fourth-order valence-electron chi connectivity index (χ4n) is 1.82. The van der Waals surface area contributed by atoms with Crippen LogP contribution in [0.5, 0.6) is 0 Å². The lowest BCUT2D eigenvalue weighted by molar-refractivity contribution is -0.385. The molecule has 0 aliphatic heterocycles. The molecule has 21 heavy (non-hydrogen) atoms. The highest BCUT2D eigenvalue weighted by Gasteiger charge is 2.10. The van der Waals surface area contributed by atoms with Crippen LogP contribution in [0.2, 0.25) is 0 Å². The molecule has 0 heterocycles. The van der Waals surface area contributed by atoms with Gasteiger partial charge in [0, 0.05) is 6.07 Å². The summed E-state index contributed by atoms with van der Waals surface area (Å²) in [6, 6.07) is 11.7. The quantitative estimate of drug-likeness (QED) is 0.374. The van der Waals surface area contributed by atoms with Crippen molar-refractivity contribution in [3.05, 3.63) is 69.8 Å². The van der Waals surface area contributed by atoms with Gasteiger partial charge in [-0.15, -0.1) is 0 Å². The first-order chi connectivity index (χ1) is 9.89. The van der Waals surface area contributed by atoms with Gasteiger partial charge in [-0.25, -0.2) is 8.42 Å². The van der Waals surface area contributed by atoms with E-state index in [4.69, 9.17) is 0 Å². The number of nitro benzene ring substituents is 1. The minimum absolute atomic E-state index is 0.101. The third-order valence-electron chi connectivity index (χ3n) is 2.76. The Hall–Kier alpha value is -2.51. The van der Waals surface area contributed by atoms with Gasteiger partial charge in [0.1, 0.15) is 10.1 Å². The van der Waals surface area contributed by atoms with E-state index in [0.29, 0.717) is 5.56 Å². The van der Waals surface area contributed by atoms with Crippen molar-refractivity contribution in [2.24, 2.45) is 0 Å². The highest BCUT2D eigenvalue weighted by molar-refractivity contribution is 7.85. The zero-order chi connectivity index (χ0) is 15.5. The SMILES string of the molecule is O=[N+]([O-])c1ccccc1/C=C/c1ccccc1S(=O)(=O)[O-]. The van der Waals surface area contributed by atoms with E-state index in [9.17, 15) is 23.1 Å². The number of hydrogen-bond donors (Lipinski definition) is 0. The van der Waals surface area contributed by atoms with Gasteiger partial charge in [-0.1, -0.05) is 36.4 Å². The summed E-state index contributed by atoms with van der Waals surface area (Å²) < 4.78 is 33.4. The molecule has 108 valence electrons. The Morgan fingerprint density at radius 1 is 0.905 bits per heavy atom. The molecule has 0 N–H and O–H groups in total. The summed E-state index contributed by atoms with van der Waals surface area (Å²) in [6.45, 7) is 0. The molecule has 0 spiro atoms. The second-order valence-electron chi connectivity index (χ2n) is 4.14. The Morgan fingerprint density at radius 3 is 2.05 bits per heavy atom. The zero-order valence-electron chi connectivity index (χ0n) is 10.7. The third kappa shape index (κ3) is 3.53. The van der Waals surface area contributed by atoms with Crippen molar-refractivity contribution < 1.29 is 17.9 Å². The first kappa shape index (κ1) is 14.9. The summed E-state index contributed by atoms with van der Waals surface area (Å²) in [5, 5.41) is 10.9. The van der Waals surface area contributed by atoms with E-state index in [-0.39, 0.29) is 16.1 Å². The van der Waals surface area contributed by atoms with Crippen LogP contribution in [0.15, 0.2) is 53.4 Å². The van der Waals surface area contributed by atoms with Crippen LogP contribution < -0.4 is 0 Å². The molecule has 0 saturated heterocycles. The Balaban J connectivity index is 2.47. The maximum Gasteiger partial charge on any atom is 0.276 e. The van der Waals surface area contributed by atoms with Gasteiger partial charge in [0.15, 0.2) is 0 Å². The van der Waals surface area contributed by atoms with Crippen molar-refractivity contribution in [2.45, 2.75) is 4.90 Å². The van der Waals surface area contributed by atoms with E-state index in [1.807, 2.05) is 0 Å². The highest BCUT2D eigenvalue weighted by Crippen LogP contribution is 2.22. The molecular weight excluding hydrogens is 294 g/mol. The lowest BCUT2D eigenvalue weighted by Gasteiger charge is -2.09. The van der Waals surface area contributed by atoms with Crippen molar-refractivity contribution in [3.63, 3.8) is 0 Å². The number of hydrogen-bond acceptors (Lipinski definition) is 5. The van der Waals surface area contributed by atoms with Gasteiger partial charge < -0.3 is 4.55 Å². The summed E-state index contributed by atoms with van der Waals surface area (Å²) in [5.74, 6) is 0. The predicted molar refractivity (Wildman–Crippen MR) is 76.4 cm³/mol. The molecule has 6 nitrogen and oxygen atoms in total. The largest absolute Gasteiger partial charge is 0.744 e. The molecule has 0 amide bonds. The van der Waals surface area contributed by atoms with E-state index < -0.39 is 15.0 Å². The fourth-order valence-corrected chi connectivity index (χ4v) is 2.49. The second-order valence-corrected chi connectivity index (χ2v) is 5.49. The average molecular weight is 304 g/mol. The number of nitrogens with zero attached hydrogens (tertiary/aromatic N) is 1. The summed E-state index contributed by atoms with van der Waals surface area (Å²) in [5.41, 5.74) is 0.405. The van der Waals surface area contributed by atoms with Crippen LogP contribution in [0.1, 0.15) is 11.1 Å². The molecule has 0 fully saturated rings. The summed E-state index contributed by atoms with van der Waals surface area (Å²) in [7, 11) is -4.60. The molecule has 2 aromatic rings. The first-order valence-corrected chi connectivity index (χ1v) is 7.27. The number of para-hydroxylation sites is 1. The van der Waals surface area contributed by atoms with Crippen LogP contribution in [0, 0.1) is 10.1 Å². The normalized spacial score (nSPS) is 11.7. The second kappa shape index (κ2) is 5.86. The summed E-state index contributed by atoms with van der Waals surface area (Å²) in [6.07, 6.45) is 2.77. The Labute approximate surface area is 121 Å². The van der Waals surface area contributed by atoms with Crippen molar-refractivity contribution in [3.8, 4) is 0 Å². The van der Waals surface area contributed by atoms with Crippen LogP contribution in [-0.2, 0) is 10.1 Å². The zero-order valence-corrected chi connectivity index (χ0v) is 11.5. The third-order valence-corrected chi connectivity index (χ3v) is 3.67. The number of nitro groups is 1. The predicted octanol–water partition coefficient (Wildman–Crippen LogP) is 2.67. The van der Waals surface area contributed by atoms with Gasteiger partial charge >= 0.3 is 0 Å². The molecule has 0 bridgehead atoms. The molecule has 0 saturated carbocycles. The lowest BCUT2D eigenvalue weighted by Crippen LogP contribution is -2.00. The molecule has 0 aliphatic rings. The molecule has 0 atom stereocenters. The van der Waals surface area contributed by atoms with Crippen molar-refractivity contribution in [1.29, 1.82) is 0 Å². The van der Waals surface area contributed by atoms with E-state index in [0.717, 1.165) is 0 Å². The van der Waals surface area contributed by atoms with Crippen molar-refractivity contribution >= 4 is 28.0 Å². The van der Waals surface area contributed by atoms with E-state index in [1.54, 1.807) is 12.1 Å². The van der Waals surface area contributed by atoms with Gasteiger partial charge in [-0.2, -0.15) is 0 Å². The van der Waals surface area contributed by atoms with E-state index in [1.165, 1.54) is 48.6 Å². The molecule has 0 radical (unpaired) electrons. The molecule has 0 aliphatic carbocycles. The number of benzene rings is 2. The van der Waals surface area contributed by atoms with Crippen molar-refractivity contribution in [1.82, 2.24) is 0 Å². The molecule has 0 aromatic heterocycles. The lowest BCUT2D eigenvalue weighted by atomic mass is 10.1. The van der Waals surface area contributed by atoms with Gasteiger partial charge in [0.2, 0.25) is 0 Å². The first-order valence-electron chi connectivity index (χ1n) is 5.86. The van der Waals surface area contributed by atoms with Gasteiger partial charge in [-0.3, -0.25) is 10.1 Å². The summed E-state index contributed by atoms with van der Waals surface area (Å²) >= 11 is 0. The van der Waals surface area contributed by atoms with Crippen LogP contribution in [-0.4, -0.2) is 17.9 Å². The molecular formula is C14H10NO5S-. The van der Waals surface area contributed by atoms with Crippen LogP contribution in [0.25, 0.3) is 12.2 Å². The minimum atomic E-state index is -4.60. The molecule has 7 heteroatoms. The van der Waals surface area contributed by atoms with Crippen molar-refractivity contribution in [2.75, 3.05) is 0 Å². The fraction of sp³-hybridized carbons (Fsp3) is 0. The van der Waals surface area contributed by atoms with Gasteiger partial charge in [0.05, 0.1) is 15.4 Å². The summed E-state index contributed by atoms with van der Waals surface area (Å²) in [4.78, 5) is 9.99. The van der Waals surface area contributed by atoms with Gasteiger partial charge in [0.25, 0.3) is 5.69 Å². The molecule has 2 aromatic carbocycles. The standard InChI is InChI=1S/C14H11NO5S/c16-15(17)13-7-3-1-5-11(13)9-10-12-6-2-4-8-14(12)21(18,19)20/h1-10H,(H,18,19,20)/p-1/b10-9+. The maximum absolute atomic E-state index is 11.1. The van der Waals surface area contributed by atoms with Crippen LogP contribution >= 0.6 is 0 Å².